The van der Waals surface area contributed by atoms with Gasteiger partial charge in [-0.3, -0.25) is 9.59 Å². The third kappa shape index (κ3) is 3.15. The lowest BCUT2D eigenvalue weighted by atomic mass is 9.81. The molecule has 1 fully saturated rings. The molecule has 1 amide bonds. The van der Waals surface area contributed by atoms with Crippen molar-refractivity contribution in [2.75, 3.05) is 11.9 Å². The van der Waals surface area contributed by atoms with E-state index in [4.69, 9.17) is 5.11 Å². The predicted octanol–water partition coefficient (Wildman–Crippen LogP) is 2.68. The van der Waals surface area contributed by atoms with Gasteiger partial charge in [-0.1, -0.05) is 0 Å². The maximum Gasteiger partial charge on any atom is 0.306 e. The van der Waals surface area contributed by atoms with Gasteiger partial charge in [0.1, 0.15) is 5.82 Å². The van der Waals surface area contributed by atoms with Crippen molar-refractivity contribution in [3.05, 3.63) is 30.1 Å². The Morgan fingerprint density at radius 2 is 1.60 bits per heavy atom. The number of rotatable bonds is 3. The topological polar surface area (TPSA) is 57.6 Å². The second-order valence-electron chi connectivity index (χ2n) is 5.26. The highest BCUT2D eigenvalue weighted by Gasteiger charge is 2.31. The van der Waals surface area contributed by atoms with E-state index < -0.39 is 5.97 Å². The molecular weight excluding hydrogens is 261 g/mol. The number of anilines is 1. The largest absolute Gasteiger partial charge is 0.481 e. The lowest BCUT2D eigenvalue weighted by Gasteiger charge is -2.29. The standard InChI is InChI=1S/C15H18FNO3/c1-17(13-8-6-12(16)7-9-13)14(18)10-2-4-11(5-3-10)15(19)20/h6-11H,2-5H2,1H3,(H,19,20). The van der Waals surface area contributed by atoms with Gasteiger partial charge in [-0.15, -0.1) is 0 Å². The van der Waals surface area contributed by atoms with Crippen LogP contribution >= 0.6 is 0 Å². The van der Waals surface area contributed by atoms with Gasteiger partial charge < -0.3 is 10.0 Å². The Balaban J connectivity index is 1.98. The molecular formula is C15H18FNO3. The summed E-state index contributed by atoms with van der Waals surface area (Å²) < 4.78 is 12.9. The number of amides is 1. The van der Waals surface area contributed by atoms with E-state index in [1.54, 1.807) is 19.2 Å². The Bertz CT molecular complexity index is 492. The lowest BCUT2D eigenvalue weighted by molar-refractivity contribution is -0.143. The summed E-state index contributed by atoms with van der Waals surface area (Å²) in [5, 5.41) is 8.95. The molecule has 0 aliphatic heterocycles. The molecule has 0 saturated heterocycles. The zero-order valence-corrected chi connectivity index (χ0v) is 11.4. The first kappa shape index (κ1) is 14.5. The number of carbonyl (C=O) groups is 2. The van der Waals surface area contributed by atoms with E-state index in [0.29, 0.717) is 31.4 Å². The van der Waals surface area contributed by atoms with Gasteiger partial charge in [0.05, 0.1) is 5.92 Å². The van der Waals surface area contributed by atoms with Crippen molar-refractivity contribution in [1.82, 2.24) is 0 Å². The average Bonchev–Trinajstić information content (AvgIpc) is 2.46. The molecule has 108 valence electrons. The van der Waals surface area contributed by atoms with Gasteiger partial charge in [0, 0.05) is 18.7 Å². The summed E-state index contributed by atoms with van der Waals surface area (Å²) in [6.45, 7) is 0. The zero-order valence-electron chi connectivity index (χ0n) is 11.4. The van der Waals surface area contributed by atoms with Gasteiger partial charge in [0.25, 0.3) is 0 Å². The number of carbonyl (C=O) groups excluding carboxylic acids is 1. The normalized spacial score (nSPS) is 22.3. The summed E-state index contributed by atoms with van der Waals surface area (Å²) in [4.78, 5) is 24.8. The maximum absolute atomic E-state index is 12.9. The fourth-order valence-corrected chi connectivity index (χ4v) is 2.65. The van der Waals surface area contributed by atoms with Crippen LogP contribution in [0.25, 0.3) is 0 Å². The molecule has 4 nitrogen and oxygen atoms in total. The van der Waals surface area contributed by atoms with Crippen LogP contribution in [0.4, 0.5) is 10.1 Å². The smallest absolute Gasteiger partial charge is 0.306 e. The summed E-state index contributed by atoms with van der Waals surface area (Å²) in [7, 11) is 1.67. The summed E-state index contributed by atoms with van der Waals surface area (Å²) in [6.07, 6.45) is 2.29. The number of aliphatic carboxylic acids is 1. The molecule has 20 heavy (non-hydrogen) atoms. The van der Waals surface area contributed by atoms with E-state index in [1.807, 2.05) is 0 Å². The van der Waals surface area contributed by atoms with Crippen molar-refractivity contribution in [3.63, 3.8) is 0 Å². The van der Waals surface area contributed by atoms with E-state index in [1.165, 1.54) is 17.0 Å². The summed E-state index contributed by atoms with van der Waals surface area (Å²) in [5.74, 6) is -1.60. The molecule has 0 aromatic heterocycles. The van der Waals surface area contributed by atoms with E-state index in [2.05, 4.69) is 0 Å². The van der Waals surface area contributed by atoms with Crippen LogP contribution in [0.5, 0.6) is 0 Å². The SMILES string of the molecule is CN(C(=O)C1CCC(C(=O)O)CC1)c1ccc(F)cc1. The summed E-state index contributed by atoms with van der Waals surface area (Å²) in [5.41, 5.74) is 0.650. The molecule has 0 unspecified atom stereocenters. The number of hydrogen-bond acceptors (Lipinski definition) is 2. The summed E-state index contributed by atoms with van der Waals surface area (Å²) >= 11 is 0. The number of nitrogens with zero attached hydrogens (tertiary/aromatic N) is 1. The Morgan fingerprint density at radius 1 is 1.10 bits per heavy atom. The quantitative estimate of drug-likeness (QED) is 0.925. The van der Waals surface area contributed by atoms with Crippen LogP contribution in [0.15, 0.2) is 24.3 Å². The lowest BCUT2D eigenvalue weighted by Crippen LogP contribution is -2.35. The minimum atomic E-state index is -0.775. The van der Waals surface area contributed by atoms with Crippen LogP contribution in [-0.2, 0) is 9.59 Å². The van der Waals surface area contributed by atoms with Crippen LogP contribution < -0.4 is 4.90 Å². The Kier molecular flexibility index (Phi) is 4.37. The maximum atomic E-state index is 12.9. The highest BCUT2D eigenvalue weighted by molar-refractivity contribution is 5.94. The first-order chi connectivity index (χ1) is 9.49. The molecule has 0 radical (unpaired) electrons. The molecule has 5 heteroatoms. The summed E-state index contributed by atoms with van der Waals surface area (Å²) in [6, 6.07) is 5.77. The number of carboxylic acids is 1. The Hall–Kier alpha value is -1.91. The fourth-order valence-electron chi connectivity index (χ4n) is 2.65. The zero-order chi connectivity index (χ0) is 14.7. The van der Waals surface area contributed by atoms with Gasteiger partial charge >= 0.3 is 5.97 Å². The average molecular weight is 279 g/mol. The predicted molar refractivity (Wildman–Crippen MR) is 72.9 cm³/mol. The second-order valence-corrected chi connectivity index (χ2v) is 5.26. The van der Waals surface area contributed by atoms with Gasteiger partial charge in [0.15, 0.2) is 0 Å². The molecule has 0 spiro atoms. The van der Waals surface area contributed by atoms with Crippen LogP contribution in [-0.4, -0.2) is 24.0 Å². The van der Waals surface area contributed by atoms with Crippen molar-refractivity contribution in [3.8, 4) is 0 Å². The Morgan fingerprint density at radius 3 is 2.10 bits per heavy atom. The third-order valence-corrected chi connectivity index (χ3v) is 3.97. The van der Waals surface area contributed by atoms with Crippen molar-refractivity contribution in [2.24, 2.45) is 11.8 Å². The van der Waals surface area contributed by atoms with E-state index in [9.17, 15) is 14.0 Å². The second kappa shape index (κ2) is 6.03. The number of hydrogen-bond donors (Lipinski definition) is 1. The highest BCUT2D eigenvalue weighted by Crippen LogP contribution is 2.31. The molecule has 0 bridgehead atoms. The van der Waals surface area contributed by atoms with Crippen LogP contribution in [0.3, 0.4) is 0 Å². The molecule has 0 atom stereocenters. The van der Waals surface area contributed by atoms with Crippen molar-refractivity contribution >= 4 is 17.6 Å². The van der Waals surface area contributed by atoms with Crippen LogP contribution in [0.1, 0.15) is 25.7 Å². The molecule has 0 heterocycles. The molecule has 1 aliphatic rings. The van der Waals surface area contributed by atoms with Crippen molar-refractivity contribution < 1.29 is 19.1 Å². The van der Waals surface area contributed by atoms with Gasteiger partial charge in [-0.2, -0.15) is 0 Å². The van der Waals surface area contributed by atoms with E-state index >= 15 is 0 Å². The first-order valence-corrected chi connectivity index (χ1v) is 6.75. The van der Waals surface area contributed by atoms with Crippen LogP contribution in [0.2, 0.25) is 0 Å². The molecule has 1 saturated carbocycles. The fraction of sp³-hybridized carbons (Fsp3) is 0.467. The minimum Gasteiger partial charge on any atom is -0.481 e. The third-order valence-electron chi connectivity index (χ3n) is 3.97. The minimum absolute atomic E-state index is 0.0274. The van der Waals surface area contributed by atoms with Gasteiger partial charge in [-0.05, 0) is 49.9 Å². The number of carboxylic acid groups (broad SMARTS) is 1. The molecule has 1 N–H and O–H groups in total. The van der Waals surface area contributed by atoms with Gasteiger partial charge in [0.2, 0.25) is 5.91 Å². The highest BCUT2D eigenvalue weighted by atomic mass is 19.1. The van der Waals surface area contributed by atoms with Crippen molar-refractivity contribution in [1.29, 1.82) is 0 Å². The van der Waals surface area contributed by atoms with Crippen LogP contribution in [0, 0.1) is 17.7 Å². The van der Waals surface area contributed by atoms with Gasteiger partial charge in [-0.25, -0.2) is 4.39 Å². The molecule has 1 aliphatic carbocycles. The Labute approximate surface area is 117 Å². The van der Waals surface area contributed by atoms with Crippen molar-refractivity contribution in [2.45, 2.75) is 25.7 Å². The first-order valence-electron chi connectivity index (χ1n) is 6.75. The van der Waals surface area contributed by atoms with E-state index in [-0.39, 0.29) is 23.6 Å². The molecule has 2 rings (SSSR count). The monoisotopic (exact) mass is 279 g/mol. The molecule has 1 aromatic rings. The number of benzene rings is 1. The number of halogens is 1. The van der Waals surface area contributed by atoms with E-state index in [0.717, 1.165) is 0 Å². The molecule has 1 aromatic carbocycles.